The van der Waals surface area contributed by atoms with Crippen LogP contribution in [-0.2, 0) is 0 Å². The van der Waals surface area contributed by atoms with Crippen molar-refractivity contribution in [2.45, 2.75) is 51.9 Å². The third kappa shape index (κ3) is 1.77. The van der Waals surface area contributed by atoms with Crippen LogP contribution in [0.1, 0.15) is 53.2 Å². The predicted octanol–water partition coefficient (Wildman–Crippen LogP) is 3.61. The molecule has 2 saturated carbocycles. The van der Waals surface area contributed by atoms with E-state index in [9.17, 15) is 0 Å². The Morgan fingerprint density at radius 1 is 1.00 bits per heavy atom. The normalized spacial score (nSPS) is 53.0. The van der Waals surface area contributed by atoms with Crippen LogP contribution in [0.4, 0.5) is 0 Å². The standard InChI is InChI=1S/C11H20/c1-9-6-10-4-2-3-5-11(7-9)8-10/h9-11H,2-8H2,1H3/i9D. The van der Waals surface area contributed by atoms with Gasteiger partial charge >= 0.3 is 0 Å². The Labute approximate surface area is 71.8 Å². The summed E-state index contributed by atoms with van der Waals surface area (Å²) in [6, 6.07) is 0. The van der Waals surface area contributed by atoms with E-state index in [2.05, 4.69) is 6.92 Å². The first-order valence-corrected chi connectivity index (χ1v) is 5.16. The largest absolute Gasteiger partial charge is 0.0625 e. The molecule has 0 amide bonds. The van der Waals surface area contributed by atoms with Gasteiger partial charge in [0.25, 0.3) is 0 Å². The second kappa shape index (κ2) is 3.16. The van der Waals surface area contributed by atoms with E-state index in [1.165, 1.54) is 44.9 Å². The van der Waals surface area contributed by atoms with Crippen molar-refractivity contribution in [2.75, 3.05) is 0 Å². The lowest BCUT2D eigenvalue weighted by molar-refractivity contribution is 0.210. The third-order valence-electron chi connectivity index (χ3n) is 3.42. The fraction of sp³-hybridized carbons (Fsp3) is 1.00. The molecule has 0 radical (unpaired) electrons. The van der Waals surface area contributed by atoms with Crippen molar-refractivity contribution >= 4 is 0 Å². The maximum atomic E-state index is 8.12. The Balaban J connectivity index is 2.06. The average Bonchev–Trinajstić information content (AvgIpc) is 2.09. The van der Waals surface area contributed by atoms with Crippen LogP contribution in [0.5, 0.6) is 0 Å². The second-order valence-electron chi connectivity index (χ2n) is 4.62. The number of rotatable bonds is 0. The molecule has 2 bridgehead atoms. The van der Waals surface area contributed by atoms with Crippen LogP contribution >= 0.6 is 0 Å². The molecule has 0 heteroatoms. The molecule has 0 N–H and O–H groups in total. The Bertz CT molecular complexity index is 146. The van der Waals surface area contributed by atoms with E-state index in [1.54, 1.807) is 0 Å². The van der Waals surface area contributed by atoms with Gasteiger partial charge in [-0.25, -0.2) is 0 Å². The molecule has 11 heavy (non-hydrogen) atoms. The fourth-order valence-electron chi connectivity index (χ4n) is 3.01. The first kappa shape index (κ1) is 6.51. The van der Waals surface area contributed by atoms with Crippen molar-refractivity contribution in [3.63, 3.8) is 0 Å². The van der Waals surface area contributed by atoms with Crippen LogP contribution in [0.25, 0.3) is 0 Å². The van der Waals surface area contributed by atoms with Crippen molar-refractivity contribution in [3.8, 4) is 0 Å². The summed E-state index contributed by atoms with van der Waals surface area (Å²) in [4.78, 5) is 0. The second-order valence-corrected chi connectivity index (χ2v) is 4.62. The molecule has 2 aliphatic rings. The van der Waals surface area contributed by atoms with Crippen LogP contribution < -0.4 is 0 Å². The molecule has 2 unspecified atom stereocenters. The Kier molecular flexibility index (Phi) is 1.87. The Hall–Kier alpha value is 0. The Morgan fingerprint density at radius 3 is 2.09 bits per heavy atom. The zero-order valence-electron chi connectivity index (χ0n) is 8.60. The number of hydrogen-bond donors (Lipinski definition) is 0. The molecule has 2 aliphatic carbocycles. The third-order valence-corrected chi connectivity index (χ3v) is 3.42. The zero-order valence-corrected chi connectivity index (χ0v) is 7.60. The maximum absolute atomic E-state index is 8.12. The molecule has 2 fully saturated rings. The van der Waals surface area contributed by atoms with Gasteiger partial charge < -0.3 is 0 Å². The highest BCUT2D eigenvalue weighted by Gasteiger charge is 2.27. The fourth-order valence-corrected chi connectivity index (χ4v) is 3.01. The topological polar surface area (TPSA) is 0 Å². The van der Waals surface area contributed by atoms with Crippen LogP contribution in [0.2, 0.25) is 0 Å². The highest BCUT2D eigenvalue weighted by Crippen LogP contribution is 2.40. The molecular formula is C11H20. The number of hydrogen-bond acceptors (Lipinski definition) is 0. The molecule has 64 valence electrons. The van der Waals surface area contributed by atoms with Gasteiger partial charge in [-0.05, 0) is 37.0 Å². The average molecular weight is 153 g/mol. The highest BCUT2D eigenvalue weighted by molar-refractivity contribution is 4.79. The molecule has 0 heterocycles. The predicted molar refractivity (Wildman–Crippen MR) is 48.5 cm³/mol. The molecule has 0 aliphatic heterocycles. The molecule has 2 rings (SSSR count). The minimum absolute atomic E-state index is 0.0854. The van der Waals surface area contributed by atoms with Crippen molar-refractivity contribution < 1.29 is 1.37 Å². The smallest absolute Gasteiger partial charge is 0.0300 e. The van der Waals surface area contributed by atoms with Gasteiger partial charge in [-0.2, -0.15) is 0 Å². The van der Waals surface area contributed by atoms with Gasteiger partial charge in [-0.1, -0.05) is 32.6 Å². The van der Waals surface area contributed by atoms with Crippen LogP contribution in [-0.4, -0.2) is 0 Å². The van der Waals surface area contributed by atoms with E-state index < -0.39 is 0 Å². The minimum atomic E-state index is -0.0854. The molecule has 0 saturated heterocycles. The molecule has 0 nitrogen and oxygen atoms in total. The number of fused-ring (bicyclic) bond motifs is 2. The summed E-state index contributed by atoms with van der Waals surface area (Å²) in [5.74, 6) is 1.71. The van der Waals surface area contributed by atoms with E-state index in [0.29, 0.717) is 0 Å². The highest BCUT2D eigenvalue weighted by atomic mass is 14.3. The summed E-state index contributed by atoms with van der Waals surface area (Å²) < 4.78 is 8.12. The SMILES string of the molecule is [2H]C1(C)CC2CCCCC(C2)C1. The van der Waals surface area contributed by atoms with Gasteiger partial charge in [-0.15, -0.1) is 0 Å². The van der Waals surface area contributed by atoms with E-state index in [-0.39, 0.29) is 5.89 Å². The first-order valence-electron chi connectivity index (χ1n) is 5.66. The van der Waals surface area contributed by atoms with E-state index in [4.69, 9.17) is 1.37 Å². The molecule has 2 atom stereocenters. The summed E-state index contributed by atoms with van der Waals surface area (Å²) in [6.07, 6.45) is 9.45. The quantitative estimate of drug-likeness (QED) is 0.498. The lowest BCUT2D eigenvalue weighted by Crippen LogP contribution is -2.19. The van der Waals surface area contributed by atoms with Gasteiger partial charge in [0, 0.05) is 1.37 Å². The van der Waals surface area contributed by atoms with E-state index >= 15 is 0 Å². The maximum Gasteiger partial charge on any atom is 0.0300 e. The van der Waals surface area contributed by atoms with Gasteiger partial charge in [0.1, 0.15) is 0 Å². The molecule has 0 spiro atoms. The first-order chi connectivity index (χ1) is 5.66. The van der Waals surface area contributed by atoms with Gasteiger partial charge in [0.2, 0.25) is 0 Å². The summed E-state index contributed by atoms with van der Waals surface area (Å²) in [5, 5.41) is 0. The summed E-state index contributed by atoms with van der Waals surface area (Å²) in [7, 11) is 0. The lowest BCUT2D eigenvalue weighted by atomic mass is 9.75. The van der Waals surface area contributed by atoms with Gasteiger partial charge in [-0.3, -0.25) is 0 Å². The molecule has 0 aromatic rings. The molecule has 0 aromatic carbocycles. The zero-order chi connectivity index (χ0) is 8.60. The van der Waals surface area contributed by atoms with Crippen LogP contribution in [0, 0.1) is 17.7 Å². The van der Waals surface area contributed by atoms with Crippen LogP contribution in [0.15, 0.2) is 0 Å². The lowest BCUT2D eigenvalue weighted by Gasteiger charge is -2.30. The van der Waals surface area contributed by atoms with Gasteiger partial charge in [0.15, 0.2) is 0 Å². The van der Waals surface area contributed by atoms with Crippen molar-refractivity contribution in [3.05, 3.63) is 0 Å². The molecular weight excluding hydrogens is 132 g/mol. The van der Waals surface area contributed by atoms with Crippen molar-refractivity contribution in [1.29, 1.82) is 0 Å². The molecule has 0 aromatic heterocycles. The Morgan fingerprint density at radius 2 is 1.55 bits per heavy atom. The summed E-state index contributed by atoms with van der Waals surface area (Å²) in [5.41, 5.74) is 0. The van der Waals surface area contributed by atoms with Crippen molar-refractivity contribution in [2.24, 2.45) is 17.7 Å². The minimum Gasteiger partial charge on any atom is -0.0625 e. The van der Waals surface area contributed by atoms with Crippen LogP contribution in [0.3, 0.4) is 0 Å². The summed E-state index contributed by atoms with van der Waals surface area (Å²) >= 11 is 0. The summed E-state index contributed by atoms with van der Waals surface area (Å²) in [6.45, 7) is 2.14. The monoisotopic (exact) mass is 153 g/mol. The van der Waals surface area contributed by atoms with Gasteiger partial charge in [0.05, 0.1) is 0 Å². The van der Waals surface area contributed by atoms with Crippen molar-refractivity contribution in [1.82, 2.24) is 0 Å². The van der Waals surface area contributed by atoms with E-state index in [0.717, 1.165) is 11.8 Å². The van der Waals surface area contributed by atoms with E-state index in [1.807, 2.05) is 0 Å².